The second-order valence-electron chi connectivity index (χ2n) is 5.67. The number of halogens is 1. The molecule has 0 aliphatic rings. The number of ether oxygens (including phenoxy) is 1. The van der Waals surface area contributed by atoms with E-state index in [1.54, 1.807) is 30.3 Å². The Bertz CT molecular complexity index is 849. The molecule has 26 heavy (non-hydrogen) atoms. The molecular weight excluding hydrogens is 335 g/mol. The molecule has 2 aromatic rings. The van der Waals surface area contributed by atoms with E-state index in [4.69, 9.17) is 21.9 Å². The van der Waals surface area contributed by atoms with Crippen molar-refractivity contribution in [3.8, 4) is 16.9 Å². The first-order valence-electron chi connectivity index (χ1n) is 8.17. The fourth-order valence-corrected chi connectivity index (χ4v) is 2.56. The molecule has 0 bridgehead atoms. The Hall–Kier alpha value is -3.22. The van der Waals surface area contributed by atoms with E-state index in [1.807, 2.05) is 6.92 Å². The maximum Gasteiger partial charge on any atom is 0.269 e. The van der Waals surface area contributed by atoms with Crippen molar-refractivity contribution < 1.29 is 13.9 Å². The summed E-state index contributed by atoms with van der Waals surface area (Å²) in [4.78, 5) is 12.0. The van der Waals surface area contributed by atoms with E-state index in [0.717, 1.165) is 6.42 Å². The van der Waals surface area contributed by atoms with Crippen LogP contribution >= 0.6 is 0 Å². The summed E-state index contributed by atoms with van der Waals surface area (Å²) >= 11 is 0. The van der Waals surface area contributed by atoms with Crippen molar-refractivity contribution in [1.82, 2.24) is 5.32 Å². The first-order valence-corrected chi connectivity index (χ1v) is 8.17. The number of anilines is 1. The van der Waals surface area contributed by atoms with Gasteiger partial charge in [-0.1, -0.05) is 37.3 Å². The van der Waals surface area contributed by atoms with Gasteiger partial charge in [-0.05, 0) is 12.5 Å². The van der Waals surface area contributed by atoms with E-state index in [2.05, 4.69) is 5.32 Å². The third kappa shape index (κ3) is 3.72. The van der Waals surface area contributed by atoms with Gasteiger partial charge in [0.25, 0.3) is 5.91 Å². The highest BCUT2D eigenvalue weighted by molar-refractivity contribution is 6.01. The Morgan fingerprint density at radius 2 is 1.81 bits per heavy atom. The Morgan fingerprint density at radius 1 is 1.15 bits per heavy atom. The van der Waals surface area contributed by atoms with Crippen LogP contribution in [0.1, 0.15) is 18.9 Å². The minimum Gasteiger partial charge on any atom is -0.493 e. The maximum absolute atomic E-state index is 14.0. The van der Waals surface area contributed by atoms with Crippen molar-refractivity contribution in [2.75, 3.05) is 19.4 Å². The molecule has 0 heterocycles. The van der Waals surface area contributed by atoms with Crippen molar-refractivity contribution in [2.45, 2.75) is 13.3 Å². The van der Waals surface area contributed by atoms with E-state index >= 15 is 0 Å². The lowest BCUT2D eigenvalue weighted by Gasteiger charge is -2.15. The van der Waals surface area contributed by atoms with Gasteiger partial charge in [0.1, 0.15) is 5.70 Å². The molecule has 138 valence electrons. The number of amides is 1. The molecule has 0 aromatic heterocycles. The summed E-state index contributed by atoms with van der Waals surface area (Å²) in [6.07, 6.45) is 0.774. The molecular formula is C19H23FN4O2. The second kappa shape index (κ2) is 8.24. The van der Waals surface area contributed by atoms with Crippen LogP contribution in [0.15, 0.2) is 42.1 Å². The molecule has 7 N–H and O–H groups in total. The van der Waals surface area contributed by atoms with Crippen LogP contribution in [0, 0.1) is 5.82 Å². The maximum atomic E-state index is 14.0. The highest BCUT2D eigenvalue weighted by Crippen LogP contribution is 2.37. The molecule has 2 aromatic carbocycles. The third-order valence-corrected chi connectivity index (χ3v) is 3.93. The first-order chi connectivity index (χ1) is 12.4. The van der Waals surface area contributed by atoms with Gasteiger partial charge in [-0.15, -0.1) is 0 Å². The van der Waals surface area contributed by atoms with Crippen molar-refractivity contribution in [3.05, 3.63) is 53.5 Å². The molecule has 7 heteroatoms. The number of benzene rings is 2. The number of carbonyl (C=O) groups is 1. The third-order valence-electron chi connectivity index (χ3n) is 3.93. The number of hydrogen-bond acceptors (Lipinski definition) is 5. The Morgan fingerprint density at radius 3 is 2.46 bits per heavy atom. The summed E-state index contributed by atoms with van der Waals surface area (Å²) in [5.74, 6) is -0.887. The lowest BCUT2D eigenvalue weighted by molar-refractivity contribution is -0.117. The summed E-state index contributed by atoms with van der Waals surface area (Å²) in [6, 6.07) is 9.62. The monoisotopic (exact) mass is 358 g/mol. The molecule has 6 nitrogen and oxygen atoms in total. The van der Waals surface area contributed by atoms with Gasteiger partial charge in [-0.25, -0.2) is 4.39 Å². The van der Waals surface area contributed by atoms with E-state index in [-0.39, 0.29) is 22.8 Å². The Labute approximate surface area is 151 Å². The number of methoxy groups -OCH3 is 1. The average molecular weight is 358 g/mol. The largest absolute Gasteiger partial charge is 0.493 e. The van der Waals surface area contributed by atoms with Crippen molar-refractivity contribution in [1.29, 1.82) is 0 Å². The molecule has 0 unspecified atom stereocenters. The predicted molar refractivity (Wildman–Crippen MR) is 101 cm³/mol. The van der Waals surface area contributed by atoms with Crippen molar-refractivity contribution >= 4 is 17.3 Å². The van der Waals surface area contributed by atoms with Crippen molar-refractivity contribution in [2.24, 2.45) is 11.5 Å². The van der Waals surface area contributed by atoms with Gasteiger partial charge in [-0.3, -0.25) is 4.79 Å². The Balaban J connectivity index is 2.54. The number of para-hydroxylation sites is 2. The summed E-state index contributed by atoms with van der Waals surface area (Å²) in [7, 11) is 1.38. The van der Waals surface area contributed by atoms with Gasteiger partial charge in [0.05, 0.1) is 12.8 Å². The van der Waals surface area contributed by atoms with Crippen LogP contribution in [-0.2, 0) is 4.79 Å². The zero-order chi connectivity index (χ0) is 19.3. The van der Waals surface area contributed by atoms with E-state index < -0.39 is 11.7 Å². The molecule has 0 saturated heterocycles. The number of rotatable bonds is 6. The highest BCUT2D eigenvalue weighted by atomic mass is 19.1. The van der Waals surface area contributed by atoms with E-state index in [1.165, 1.54) is 13.2 Å². The van der Waals surface area contributed by atoms with Gasteiger partial charge >= 0.3 is 0 Å². The Kier molecular flexibility index (Phi) is 6.06. The minimum atomic E-state index is -0.503. The molecule has 2 rings (SSSR count). The quantitative estimate of drug-likeness (QED) is 0.467. The molecule has 0 aliphatic heterocycles. The van der Waals surface area contributed by atoms with Gasteiger partial charge in [0, 0.05) is 28.9 Å². The highest BCUT2D eigenvalue weighted by Gasteiger charge is 2.18. The zero-order valence-electron chi connectivity index (χ0n) is 14.8. The van der Waals surface area contributed by atoms with Crippen LogP contribution in [0.4, 0.5) is 10.1 Å². The average Bonchev–Trinajstić information content (AvgIpc) is 2.65. The fourth-order valence-electron chi connectivity index (χ4n) is 2.56. The van der Waals surface area contributed by atoms with Crippen LogP contribution in [0.5, 0.6) is 5.75 Å². The molecule has 0 spiro atoms. The smallest absolute Gasteiger partial charge is 0.269 e. The zero-order valence-corrected chi connectivity index (χ0v) is 14.8. The van der Waals surface area contributed by atoms with Gasteiger partial charge in [0.2, 0.25) is 0 Å². The first kappa shape index (κ1) is 19.1. The van der Waals surface area contributed by atoms with Crippen LogP contribution in [0.25, 0.3) is 16.8 Å². The van der Waals surface area contributed by atoms with Crippen LogP contribution in [0.3, 0.4) is 0 Å². The van der Waals surface area contributed by atoms with Crippen molar-refractivity contribution in [3.63, 3.8) is 0 Å². The molecule has 0 fully saturated rings. The second-order valence-corrected chi connectivity index (χ2v) is 5.67. The summed E-state index contributed by atoms with van der Waals surface area (Å²) in [5, 5.41) is 2.66. The lowest BCUT2D eigenvalue weighted by Crippen LogP contribution is -2.31. The molecule has 0 radical (unpaired) electrons. The number of carbonyl (C=O) groups excluding carboxylic acids is 1. The lowest BCUT2D eigenvalue weighted by atomic mass is 9.97. The fraction of sp³-hybridized carbons (Fsp3) is 0.211. The summed E-state index contributed by atoms with van der Waals surface area (Å²) < 4.78 is 19.2. The number of hydrogen-bond donors (Lipinski definition) is 4. The standard InChI is InChI=1S/C19H23FN4O2/c1-3-10-24-19(25)17(23)16(22)13-8-4-6-11(15(13)21)12-7-5-9-14(20)18(12)26-2/h4-9H,3,10,21-23H2,1-2H3,(H,24,25)/b17-16+. The topological polar surface area (TPSA) is 116 Å². The minimum absolute atomic E-state index is 0.0633. The molecule has 0 saturated carbocycles. The number of nitrogen functional groups attached to an aromatic ring is 1. The molecule has 0 atom stereocenters. The van der Waals surface area contributed by atoms with Gasteiger partial charge in [0.15, 0.2) is 11.6 Å². The normalized spacial score (nSPS) is 11.7. The van der Waals surface area contributed by atoms with E-state index in [9.17, 15) is 9.18 Å². The van der Waals surface area contributed by atoms with Crippen LogP contribution in [-0.4, -0.2) is 19.6 Å². The van der Waals surface area contributed by atoms with Gasteiger partial charge < -0.3 is 27.3 Å². The predicted octanol–water partition coefficient (Wildman–Crippen LogP) is 2.20. The summed E-state index contributed by atoms with van der Waals surface area (Å²) in [6.45, 7) is 2.42. The van der Waals surface area contributed by atoms with E-state index in [0.29, 0.717) is 23.2 Å². The van der Waals surface area contributed by atoms with Crippen LogP contribution < -0.4 is 27.3 Å². The SMILES string of the molecule is CCCNC(=O)/C(N)=C(\N)c1cccc(-c2cccc(F)c2OC)c1N. The van der Waals surface area contributed by atoms with Gasteiger partial charge in [-0.2, -0.15) is 0 Å². The number of nitrogens with one attached hydrogen (secondary N) is 1. The molecule has 0 aliphatic carbocycles. The molecule has 1 amide bonds. The van der Waals surface area contributed by atoms with Crippen LogP contribution in [0.2, 0.25) is 0 Å². The summed E-state index contributed by atoms with van der Waals surface area (Å²) in [5.41, 5.74) is 19.8. The number of nitrogens with two attached hydrogens (primary N) is 3.